The van der Waals surface area contributed by atoms with Crippen molar-refractivity contribution in [2.24, 2.45) is 0 Å². The number of carbonyl (C=O) groups excluding carboxylic acids is 1. The second kappa shape index (κ2) is 11.4. The molecule has 7 nitrogen and oxygen atoms in total. The van der Waals surface area contributed by atoms with Crippen LogP contribution in [0.3, 0.4) is 0 Å². The molecule has 0 fully saturated rings. The van der Waals surface area contributed by atoms with E-state index in [2.05, 4.69) is 11.9 Å². The summed E-state index contributed by atoms with van der Waals surface area (Å²) >= 11 is 0. The lowest BCUT2D eigenvalue weighted by atomic mass is 10.2. The Morgan fingerprint density at radius 1 is 1.09 bits per heavy atom. The van der Waals surface area contributed by atoms with Crippen LogP contribution < -0.4 is 5.32 Å². The van der Waals surface area contributed by atoms with Gasteiger partial charge in [-0.25, -0.2) is 4.79 Å². The summed E-state index contributed by atoms with van der Waals surface area (Å²) in [4.78, 5) is 22.1. The lowest BCUT2D eigenvalue weighted by molar-refractivity contribution is -0.134. The smallest absolute Gasteiger partial charge is 0.478 e. The van der Waals surface area contributed by atoms with Crippen molar-refractivity contribution in [1.82, 2.24) is 5.32 Å². The Morgan fingerprint density at radius 2 is 1.59 bits per heavy atom. The van der Waals surface area contributed by atoms with Crippen molar-refractivity contribution >= 4 is 20.7 Å². The van der Waals surface area contributed by atoms with E-state index in [1.807, 2.05) is 20.8 Å². The van der Waals surface area contributed by atoms with Crippen LogP contribution in [0.15, 0.2) is 12.2 Å². The maximum absolute atomic E-state index is 11.5. The normalized spacial score (nSPS) is 11.2. The van der Waals surface area contributed by atoms with Gasteiger partial charge in [0.15, 0.2) is 0 Å². The quantitative estimate of drug-likeness (QED) is 0.302. The van der Waals surface area contributed by atoms with Gasteiger partial charge in [0.25, 0.3) is 0 Å². The van der Waals surface area contributed by atoms with Gasteiger partial charge in [-0.05, 0) is 27.2 Å². The van der Waals surface area contributed by atoms with Gasteiger partial charge in [-0.1, -0.05) is 6.58 Å². The van der Waals surface area contributed by atoms with E-state index in [9.17, 15) is 9.59 Å². The fourth-order valence-corrected chi connectivity index (χ4v) is 4.48. The van der Waals surface area contributed by atoms with E-state index in [0.717, 1.165) is 0 Å². The minimum absolute atomic E-state index is 0.126. The van der Waals surface area contributed by atoms with E-state index in [0.29, 0.717) is 38.8 Å². The molecule has 0 rings (SSSR count). The second-order valence-electron chi connectivity index (χ2n) is 4.52. The summed E-state index contributed by atoms with van der Waals surface area (Å²) in [6, 6.07) is 0.600. The molecule has 0 heterocycles. The summed E-state index contributed by atoms with van der Waals surface area (Å²) in [5.74, 6) is -1.52. The monoisotopic (exact) mass is 333 g/mol. The van der Waals surface area contributed by atoms with E-state index >= 15 is 0 Å². The third kappa shape index (κ3) is 8.28. The zero-order valence-electron chi connectivity index (χ0n) is 13.6. The van der Waals surface area contributed by atoms with Crippen LogP contribution in [0.5, 0.6) is 0 Å². The Bertz CT molecular complexity index is 357. The van der Waals surface area contributed by atoms with Crippen LogP contribution >= 0.6 is 0 Å². The minimum Gasteiger partial charge on any atom is -0.478 e. The van der Waals surface area contributed by atoms with E-state index in [1.165, 1.54) is 0 Å². The molecule has 22 heavy (non-hydrogen) atoms. The first-order valence-electron chi connectivity index (χ1n) is 7.50. The molecule has 0 aromatic rings. The van der Waals surface area contributed by atoms with Gasteiger partial charge in [0, 0.05) is 38.0 Å². The van der Waals surface area contributed by atoms with Crippen LogP contribution in [-0.2, 0) is 22.9 Å². The van der Waals surface area contributed by atoms with Crippen molar-refractivity contribution in [3.63, 3.8) is 0 Å². The summed E-state index contributed by atoms with van der Waals surface area (Å²) in [6.07, 6.45) is 0.428. The Kier molecular flexibility index (Phi) is 10.7. The number of carboxylic acids is 1. The summed E-state index contributed by atoms with van der Waals surface area (Å²) in [5.41, 5.74) is -0.126. The molecule has 0 spiro atoms. The fraction of sp³-hybridized carbons (Fsp3) is 0.714. The molecule has 0 aliphatic rings. The molecule has 8 heteroatoms. The fourth-order valence-electron chi connectivity index (χ4n) is 1.87. The first kappa shape index (κ1) is 20.8. The molecule has 1 amide bonds. The van der Waals surface area contributed by atoms with Crippen LogP contribution in [0, 0.1) is 0 Å². The maximum Gasteiger partial charge on any atom is 0.500 e. The van der Waals surface area contributed by atoms with Gasteiger partial charge in [-0.15, -0.1) is 0 Å². The van der Waals surface area contributed by atoms with Crippen molar-refractivity contribution in [1.29, 1.82) is 0 Å². The van der Waals surface area contributed by atoms with Gasteiger partial charge >= 0.3 is 14.8 Å². The molecule has 0 unspecified atom stereocenters. The molecule has 0 aliphatic heterocycles. The molecule has 0 atom stereocenters. The van der Waals surface area contributed by atoms with Crippen LogP contribution in [0.2, 0.25) is 6.04 Å². The zero-order valence-corrected chi connectivity index (χ0v) is 14.6. The molecule has 0 bridgehead atoms. The first-order chi connectivity index (χ1) is 10.4. The Morgan fingerprint density at radius 3 is 2.00 bits per heavy atom. The van der Waals surface area contributed by atoms with Gasteiger partial charge in [0.1, 0.15) is 0 Å². The average Bonchev–Trinajstić information content (AvgIpc) is 2.44. The predicted molar refractivity (Wildman–Crippen MR) is 84.5 cm³/mol. The molecule has 0 aliphatic carbocycles. The maximum atomic E-state index is 11.5. The van der Waals surface area contributed by atoms with Crippen molar-refractivity contribution in [2.45, 2.75) is 39.7 Å². The average molecular weight is 333 g/mol. The predicted octanol–water partition coefficient (Wildman–Crippen LogP) is 1.57. The Labute approximate surface area is 133 Å². The number of amides is 1. The van der Waals surface area contributed by atoms with Gasteiger partial charge in [-0.2, -0.15) is 0 Å². The van der Waals surface area contributed by atoms with Gasteiger partial charge < -0.3 is 23.7 Å². The number of nitrogens with one attached hydrogen (secondary N) is 1. The van der Waals surface area contributed by atoms with Gasteiger partial charge in [-0.3, -0.25) is 4.79 Å². The number of hydrogen-bond acceptors (Lipinski definition) is 5. The molecular formula is C14H27NO6Si. The number of hydrogen-bond donors (Lipinski definition) is 2. The largest absolute Gasteiger partial charge is 0.500 e. The number of rotatable bonds is 13. The Hall–Kier alpha value is -1.22. The highest BCUT2D eigenvalue weighted by Crippen LogP contribution is 2.17. The van der Waals surface area contributed by atoms with Crippen LogP contribution in [0.4, 0.5) is 0 Å². The highest BCUT2D eigenvalue weighted by Gasteiger charge is 2.39. The SMILES string of the molecule is C=C(CC(=O)NCCC[Si](OCC)(OCC)OCC)C(=O)O. The third-order valence-electron chi connectivity index (χ3n) is 2.75. The molecule has 0 aromatic carbocycles. The summed E-state index contributed by atoms with van der Waals surface area (Å²) in [6.45, 7) is 10.9. The molecule has 0 saturated carbocycles. The zero-order chi connectivity index (χ0) is 17.0. The number of carbonyl (C=O) groups is 2. The van der Waals surface area contributed by atoms with Crippen LogP contribution in [0.1, 0.15) is 33.6 Å². The minimum atomic E-state index is -2.68. The number of carboxylic acid groups (broad SMARTS) is 1. The van der Waals surface area contributed by atoms with Crippen molar-refractivity contribution in [2.75, 3.05) is 26.4 Å². The molecule has 0 radical (unpaired) electrons. The molecular weight excluding hydrogens is 306 g/mol. The van der Waals surface area contributed by atoms with Gasteiger partial charge in [0.05, 0.1) is 6.42 Å². The summed E-state index contributed by atoms with van der Waals surface area (Å²) in [7, 11) is -2.68. The lowest BCUT2D eigenvalue weighted by Gasteiger charge is -2.28. The lowest BCUT2D eigenvalue weighted by Crippen LogP contribution is -2.46. The molecule has 128 valence electrons. The van der Waals surface area contributed by atoms with E-state index in [4.69, 9.17) is 18.4 Å². The van der Waals surface area contributed by atoms with E-state index in [-0.39, 0.29) is 17.9 Å². The van der Waals surface area contributed by atoms with Gasteiger partial charge in [0.2, 0.25) is 5.91 Å². The highest BCUT2D eigenvalue weighted by molar-refractivity contribution is 6.60. The standard InChI is InChI=1S/C14H27NO6Si/c1-5-19-22(20-6-2,21-7-3)10-8-9-15-13(16)11-12(4)14(17)18/h4-11H2,1-3H3,(H,15,16)(H,17,18). The second-order valence-corrected chi connectivity index (χ2v) is 7.25. The van der Waals surface area contributed by atoms with Crippen molar-refractivity contribution < 1.29 is 28.0 Å². The van der Waals surface area contributed by atoms with E-state index < -0.39 is 14.8 Å². The molecule has 0 aromatic heterocycles. The van der Waals surface area contributed by atoms with Crippen molar-refractivity contribution in [3.05, 3.63) is 12.2 Å². The van der Waals surface area contributed by atoms with Crippen LogP contribution in [0.25, 0.3) is 0 Å². The van der Waals surface area contributed by atoms with Crippen LogP contribution in [-0.4, -0.2) is 52.2 Å². The first-order valence-corrected chi connectivity index (χ1v) is 9.43. The number of aliphatic carboxylic acids is 1. The summed E-state index contributed by atoms with van der Waals surface area (Å²) in [5, 5.41) is 11.3. The van der Waals surface area contributed by atoms with Crippen molar-refractivity contribution in [3.8, 4) is 0 Å². The Balaban J connectivity index is 4.24. The summed E-state index contributed by atoms with van der Waals surface area (Å²) < 4.78 is 17.1. The third-order valence-corrected chi connectivity index (χ3v) is 5.90. The highest BCUT2D eigenvalue weighted by atomic mass is 28.4. The topological polar surface area (TPSA) is 94.1 Å². The van der Waals surface area contributed by atoms with E-state index in [1.54, 1.807) is 0 Å². The molecule has 0 saturated heterocycles. The molecule has 2 N–H and O–H groups in total.